The fourth-order valence-electron chi connectivity index (χ4n) is 3.24. The molecule has 5 heteroatoms. The molecule has 0 spiro atoms. The van der Waals surface area contributed by atoms with Crippen molar-refractivity contribution in [2.75, 3.05) is 6.26 Å². The van der Waals surface area contributed by atoms with Gasteiger partial charge in [-0.3, -0.25) is 0 Å². The first-order valence-corrected chi connectivity index (χ1v) is 8.82. The highest BCUT2D eigenvalue weighted by Crippen LogP contribution is 2.27. The fourth-order valence-corrected chi connectivity index (χ4v) is 3.98. The number of nitrogens with zero attached hydrogens (tertiary/aromatic N) is 3. The van der Waals surface area contributed by atoms with Crippen LogP contribution in [0.4, 0.5) is 0 Å². The molecule has 1 aromatic rings. The standard InChI is InChI=1S/C14H24N4S/c1-19-12-7-5-11(6-8-12)15-10-14-17-16-13-4-2-3-9-18(13)14/h11-12,15H,2-10H2,1H3. The number of aryl methyl sites for hydroxylation is 1. The van der Waals surface area contributed by atoms with Crippen LogP contribution >= 0.6 is 11.8 Å². The highest BCUT2D eigenvalue weighted by atomic mass is 32.2. The lowest BCUT2D eigenvalue weighted by molar-refractivity contribution is 0.370. The van der Waals surface area contributed by atoms with Crippen molar-refractivity contribution in [2.45, 2.75) is 69.3 Å². The van der Waals surface area contributed by atoms with Crippen molar-refractivity contribution in [2.24, 2.45) is 0 Å². The fraction of sp³-hybridized carbons (Fsp3) is 0.857. The molecular formula is C14H24N4S. The first-order chi connectivity index (χ1) is 9.36. The van der Waals surface area contributed by atoms with Gasteiger partial charge in [0.2, 0.25) is 0 Å². The number of thioether (sulfide) groups is 1. The minimum absolute atomic E-state index is 0.681. The minimum Gasteiger partial charge on any atom is -0.314 e. The van der Waals surface area contributed by atoms with Crippen LogP contribution in [0.5, 0.6) is 0 Å². The summed E-state index contributed by atoms with van der Waals surface area (Å²) in [5.41, 5.74) is 0. The third-order valence-corrected chi connectivity index (χ3v) is 5.63. The molecule has 19 heavy (non-hydrogen) atoms. The number of fused-ring (bicyclic) bond motifs is 1. The van der Waals surface area contributed by atoms with Crippen molar-refractivity contribution in [3.05, 3.63) is 11.6 Å². The zero-order chi connectivity index (χ0) is 13.1. The summed E-state index contributed by atoms with van der Waals surface area (Å²) < 4.78 is 2.32. The molecule has 2 aliphatic rings. The maximum atomic E-state index is 4.36. The molecule has 1 aliphatic heterocycles. The summed E-state index contributed by atoms with van der Waals surface area (Å²) in [7, 11) is 0. The molecular weight excluding hydrogens is 256 g/mol. The van der Waals surface area contributed by atoms with Crippen molar-refractivity contribution >= 4 is 11.8 Å². The molecule has 0 unspecified atom stereocenters. The molecule has 1 aliphatic carbocycles. The molecule has 3 rings (SSSR count). The van der Waals surface area contributed by atoms with Crippen LogP contribution in [0, 0.1) is 0 Å². The summed E-state index contributed by atoms with van der Waals surface area (Å²) in [5, 5.41) is 13.2. The third kappa shape index (κ3) is 3.14. The molecule has 1 saturated carbocycles. The first kappa shape index (κ1) is 13.4. The molecule has 2 heterocycles. The van der Waals surface area contributed by atoms with E-state index in [1.54, 1.807) is 0 Å². The number of hydrogen-bond donors (Lipinski definition) is 1. The molecule has 1 N–H and O–H groups in total. The molecule has 0 bridgehead atoms. The Morgan fingerprint density at radius 3 is 2.84 bits per heavy atom. The molecule has 4 nitrogen and oxygen atoms in total. The minimum atomic E-state index is 0.681. The molecule has 0 amide bonds. The van der Waals surface area contributed by atoms with Gasteiger partial charge >= 0.3 is 0 Å². The zero-order valence-corrected chi connectivity index (χ0v) is 12.6. The average Bonchev–Trinajstić information content (AvgIpc) is 2.89. The second-order valence-electron chi connectivity index (χ2n) is 5.73. The number of aromatic nitrogens is 3. The van der Waals surface area contributed by atoms with Crippen molar-refractivity contribution in [1.29, 1.82) is 0 Å². The Balaban J connectivity index is 1.51. The van der Waals surface area contributed by atoms with Crippen LogP contribution < -0.4 is 5.32 Å². The lowest BCUT2D eigenvalue weighted by atomic mass is 9.95. The van der Waals surface area contributed by atoms with E-state index in [9.17, 15) is 0 Å². The van der Waals surface area contributed by atoms with Gasteiger partial charge in [-0.2, -0.15) is 11.8 Å². The number of hydrogen-bond acceptors (Lipinski definition) is 4. The van der Waals surface area contributed by atoms with Gasteiger partial charge in [-0.25, -0.2) is 0 Å². The van der Waals surface area contributed by atoms with Crippen LogP contribution in [0.15, 0.2) is 0 Å². The summed E-state index contributed by atoms with van der Waals surface area (Å²) in [6.45, 7) is 2.00. The molecule has 106 valence electrons. The third-order valence-electron chi connectivity index (χ3n) is 4.49. The maximum absolute atomic E-state index is 4.36. The van der Waals surface area contributed by atoms with Gasteiger partial charge in [0.25, 0.3) is 0 Å². The largest absolute Gasteiger partial charge is 0.314 e. The van der Waals surface area contributed by atoms with E-state index in [1.807, 2.05) is 11.8 Å². The van der Waals surface area contributed by atoms with Gasteiger partial charge in [0, 0.05) is 24.3 Å². The van der Waals surface area contributed by atoms with Gasteiger partial charge in [0.1, 0.15) is 11.6 Å². The lowest BCUT2D eigenvalue weighted by Crippen LogP contribution is -2.34. The Bertz CT molecular complexity index is 410. The van der Waals surface area contributed by atoms with Gasteiger partial charge in [-0.15, -0.1) is 10.2 Å². The van der Waals surface area contributed by atoms with Crippen LogP contribution in [0.3, 0.4) is 0 Å². The van der Waals surface area contributed by atoms with Crippen LogP contribution in [-0.4, -0.2) is 32.3 Å². The van der Waals surface area contributed by atoms with E-state index in [2.05, 4.69) is 26.3 Å². The van der Waals surface area contributed by atoms with Crippen molar-refractivity contribution in [1.82, 2.24) is 20.1 Å². The van der Waals surface area contributed by atoms with Gasteiger partial charge in [0.05, 0.1) is 6.54 Å². The summed E-state index contributed by atoms with van der Waals surface area (Å²) in [6.07, 6.45) is 11.2. The summed E-state index contributed by atoms with van der Waals surface area (Å²) in [6, 6.07) is 0.681. The topological polar surface area (TPSA) is 42.7 Å². The smallest absolute Gasteiger partial charge is 0.147 e. The van der Waals surface area contributed by atoms with Crippen LogP contribution in [-0.2, 0) is 19.5 Å². The molecule has 1 fully saturated rings. The highest BCUT2D eigenvalue weighted by Gasteiger charge is 2.21. The molecule has 0 radical (unpaired) electrons. The van der Waals surface area contributed by atoms with E-state index in [0.29, 0.717) is 6.04 Å². The Morgan fingerprint density at radius 1 is 1.21 bits per heavy atom. The van der Waals surface area contributed by atoms with E-state index in [4.69, 9.17) is 0 Å². The van der Waals surface area contributed by atoms with Crippen molar-refractivity contribution < 1.29 is 0 Å². The maximum Gasteiger partial charge on any atom is 0.147 e. The quantitative estimate of drug-likeness (QED) is 0.919. The van der Waals surface area contributed by atoms with Crippen LogP contribution in [0.1, 0.15) is 50.2 Å². The molecule has 0 aromatic carbocycles. The summed E-state index contributed by atoms with van der Waals surface area (Å²) >= 11 is 2.03. The second kappa shape index (κ2) is 6.27. The van der Waals surface area contributed by atoms with E-state index < -0.39 is 0 Å². The van der Waals surface area contributed by atoms with E-state index in [1.165, 1.54) is 44.3 Å². The molecule has 0 atom stereocenters. The summed E-state index contributed by atoms with van der Waals surface area (Å²) in [4.78, 5) is 0. The van der Waals surface area contributed by atoms with Gasteiger partial charge in [0.15, 0.2) is 0 Å². The number of nitrogens with one attached hydrogen (secondary N) is 1. The normalized spacial score (nSPS) is 27.2. The Labute approximate surface area is 119 Å². The van der Waals surface area contributed by atoms with E-state index in [0.717, 1.165) is 30.6 Å². The predicted octanol–water partition coefficient (Wildman–Crippen LogP) is 2.38. The SMILES string of the molecule is CSC1CCC(NCc2nnc3n2CCCC3)CC1. The van der Waals surface area contributed by atoms with E-state index in [-0.39, 0.29) is 0 Å². The average molecular weight is 280 g/mol. The molecule has 1 aromatic heterocycles. The Morgan fingerprint density at radius 2 is 2.05 bits per heavy atom. The second-order valence-corrected chi connectivity index (χ2v) is 6.87. The predicted molar refractivity (Wildman–Crippen MR) is 79.4 cm³/mol. The Kier molecular flexibility index (Phi) is 4.43. The molecule has 0 saturated heterocycles. The van der Waals surface area contributed by atoms with Gasteiger partial charge in [-0.1, -0.05) is 0 Å². The van der Waals surface area contributed by atoms with Crippen molar-refractivity contribution in [3.63, 3.8) is 0 Å². The van der Waals surface area contributed by atoms with Crippen LogP contribution in [0.25, 0.3) is 0 Å². The van der Waals surface area contributed by atoms with Crippen LogP contribution in [0.2, 0.25) is 0 Å². The van der Waals surface area contributed by atoms with Crippen molar-refractivity contribution in [3.8, 4) is 0 Å². The van der Waals surface area contributed by atoms with Gasteiger partial charge in [-0.05, 0) is 44.8 Å². The first-order valence-electron chi connectivity index (χ1n) is 7.54. The van der Waals surface area contributed by atoms with Gasteiger partial charge < -0.3 is 9.88 Å². The zero-order valence-electron chi connectivity index (χ0n) is 11.8. The Hall–Kier alpha value is -0.550. The lowest BCUT2D eigenvalue weighted by Gasteiger charge is -2.28. The van der Waals surface area contributed by atoms with E-state index >= 15 is 0 Å². The number of rotatable bonds is 4. The highest BCUT2D eigenvalue weighted by molar-refractivity contribution is 7.99. The summed E-state index contributed by atoms with van der Waals surface area (Å²) in [5.74, 6) is 2.33. The monoisotopic (exact) mass is 280 g/mol.